The molecule has 0 unspecified atom stereocenters. The number of carbonyl (C=O) groups is 1. The highest BCUT2D eigenvalue weighted by atomic mass is 79.9. The third-order valence-electron chi connectivity index (χ3n) is 4.67. The van der Waals surface area contributed by atoms with Crippen LogP contribution >= 0.6 is 39.3 Å². The van der Waals surface area contributed by atoms with Crippen LogP contribution in [0.1, 0.15) is 28.1 Å². The monoisotopic (exact) mass is 503 g/mol. The van der Waals surface area contributed by atoms with Crippen molar-refractivity contribution in [1.82, 2.24) is 9.99 Å². The van der Waals surface area contributed by atoms with Crippen LogP contribution < -0.4 is 5.43 Å². The van der Waals surface area contributed by atoms with Crippen LogP contribution in [0.25, 0.3) is 5.69 Å². The van der Waals surface area contributed by atoms with E-state index in [-0.39, 0.29) is 5.91 Å². The van der Waals surface area contributed by atoms with Crippen molar-refractivity contribution in [2.24, 2.45) is 5.10 Å². The predicted molar refractivity (Wildman–Crippen MR) is 131 cm³/mol. The Morgan fingerprint density at radius 3 is 2.60 bits per heavy atom. The average molecular weight is 505 g/mol. The van der Waals surface area contributed by atoms with Crippen LogP contribution in [0.15, 0.2) is 58.1 Å². The molecule has 0 bridgehead atoms. The normalized spacial score (nSPS) is 11.2. The number of hydrogen-bond acceptors (Lipinski definition) is 3. The van der Waals surface area contributed by atoms with Gasteiger partial charge in [-0.2, -0.15) is 5.10 Å². The summed E-state index contributed by atoms with van der Waals surface area (Å²) in [6.07, 6.45) is 1.69. The molecule has 3 aromatic rings. The van der Waals surface area contributed by atoms with Crippen molar-refractivity contribution >= 4 is 51.4 Å². The first-order valence-corrected chi connectivity index (χ1v) is 11.8. The Labute approximate surface area is 194 Å². The Morgan fingerprint density at radius 1 is 1.17 bits per heavy atom. The van der Waals surface area contributed by atoms with Crippen LogP contribution in [0.5, 0.6) is 0 Å². The van der Waals surface area contributed by atoms with Crippen molar-refractivity contribution in [3.05, 3.63) is 86.1 Å². The first-order chi connectivity index (χ1) is 14.4. The van der Waals surface area contributed by atoms with Gasteiger partial charge in [0.15, 0.2) is 0 Å². The molecule has 0 aliphatic carbocycles. The zero-order chi connectivity index (χ0) is 21.7. The van der Waals surface area contributed by atoms with Crippen molar-refractivity contribution in [2.45, 2.75) is 26.5 Å². The SMILES string of the molecule is Cc1cccc(-n2c(C)c(Br)c(/C=N\NC(=O)CSCc3ccc(Cl)cc3)c2C)c1. The third-order valence-corrected chi connectivity index (χ3v) is 6.93. The van der Waals surface area contributed by atoms with E-state index >= 15 is 0 Å². The molecule has 3 rings (SSSR count). The van der Waals surface area contributed by atoms with Gasteiger partial charge in [0, 0.05) is 37.9 Å². The summed E-state index contributed by atoms with van der Waals surface area (Å²) < 4.78 is 3.15. The molecule has 4 nitrogen and oxygen atoms in total. The molecule has 0 aliphatic heterocycles. The summed E-state index contributed by atoms with van der Waals surface area (Å²) >= 11 is 11.1. The first kappa shape index (κ1) is 22.7. The van der Waals surface area contributed by atoms with Gasteiger partial charge in [0.1, 0.15) is 0 Å². The number of hydrazone groups is 1. The summed E-state index contributed by atoms with van der Waals surface area (Å²) in [5.74, 6) is 0.954. The number of nitrogens with zero attached hydrogens (tertiary/aromatic N) is 2. The molecular formula is C23H23BrClN3OS. The molecule has 1 N–H and O–H groups in total. The summed E-state index contributed by atoms with van der Waals surface area (Å²) in [6, 6.07) is 16.0. The number of hydrogen-bond donors (Lipinski definition) is 1. The fraction of sp³-hybridized carbons (Fsp3) is 0.217. The molecule has 0 radical (unpaired) electrons. The van der Waals surface area contributed by atoms with Gasteiger partial charge in [0.05, 0.1) is 12.0 Å². The minimum absolute atomic E-state index is 0.131. The van der Waals surface area contributed by atoms with Gasteiger partial charge in [-0.15, -0.1) is 11.8 Å². The topological polar surface area (TPSA) is 46.4 Å². The molecule has 0 fully saturated rings. The van der Waals surface area contributed by atoms with Gasteiger partial charge in [0.25, 0.3) is 0 Å². The van der Waals surface area contributed by atoms with Crippen molar-refractivity contribution in [3.8, 4) is 5.69 Å². The Kier molecular flexibility index (Phi) is 7.81. The first-order valence-electron chi connectivity index (χ1n) is 9.45. The summed E-state index contributed by atoms with van der Waals surface area (Å²) in [5, 5.41) is 4.88. The quantitative estimate of drug-likeness (QED) is 0.307. The Bertz CT molecular complexity index is 1080. The summed E-state index contributed by atoms with van der Waals surface area (Å²) in [6.45, 7) is 6.18. The van der Waals surface area contributed by atoms with E-state index in [9.17, 15) is 4.79 Å². The largest absolute Gasteiger partial charge is 0.317 e. The minimum Gasteiger partial charge on any atom is -0.317 e. The smallest absolute Gasteiger partial charge is 0.250 e. The van der Waals surface area contributed by atoms with Gasteiger partial charge in [-0.05, 0) is 72.1 Å². The molecule has 156 valence electrons. The highest BCUT2D eigenvalue weighted by Gasteiger charge is 2.15. The van der Waals surface area contributed by atoms with E-state index in [0.717, 1.165) is 38.4 Å². The standard InChI is InChI=1S/C23H23BrClN3OS/c1-15-5-4-6-20(11-15)28-16(2)21(23(24)17(28)3)12-26-27-22(29)14-30-13-18-7-9-19(25)10-8-18/h4-12H,13-14H2,1-3H3,(H,27,29)/b26-12-. The molecule has 0 saturated heterocycles. The highest BCUT2D eigenvalue weighted by molar-refractivity contribution is 9.10. The number of amides is 1. The van der Waals surface area contributed by atoms with Gasteiger partial charge in [-0.3, -0.25) is 4.79 Å². The Morgan fingerprint density at radius 2 is 1.90 bits per heavy atom. The van der Waals surface area contributed by atoms with E-state index in [4.69, 9.17) is 11.6 Å². The van der Waals surface area contributed by atoms with E-state index in [2.05, 4.69) is 63.1 Å². The molecular weight excluding hydrogens is 482 g/mol. The summed E-state index contributed by atoms with van der Waals surface area (Å²) in [4.78, 5) is 12.1. The number of aromatic nitrogens is 1. The van der Waals surface area contributed by atoms with E-state index in [1.165, 1.54) is 17.3 Å². The molecule has 0 atom stereocenters. The second kappa shape index (κ2) is 10.3. The second-order valence-corrected chi connectivity index (χ2v) is 9.20. The number of thioether (sulfide) groups is 1. The maximum Gasteiger partial charge on any atom is 0.250 e. The van der Waals surface area contributed by atoms with Gasteiger partial charge >= 0.3 is 0 Å². The van der Waals surface area contributed by atoms with E-state index in [1.54, 1.807) is 6.21 Å². The van der Waals surface area contributed by atoms with Crippen LogP contribution in [0.2, 0.25) is 5.02 Å². The Hall–Kier alpha value is -2.02. The van der Waals surface area contributed by atoms with Crippen molar-refractivity contribution < 1.29 is 4.79 Å². The predicted octanol–water partition coefficient (Wildman–Crippen LogP) is 6.20. The van der Waals surface area contributed by atoms with Crippen LogP contribution in [-0.2, 0) is 10.5 Å². The third kappa shape index (κ3) is 5.56. The molecule has 0 spiro atoms. The van der Waals surface area contributed by atoms with Crippen LogP contribution in [0.4, 0.5) is 0 Å². The minimum atomic E-state index is -0.131. The molecule has 1 heterocycles. The molecule has 2 aromatic carbocycles. The maximum absolute atomic E-state index is 12.1. The molecule has 0 aliphatic rings. The van der Waals surface area contributed by atoms with Crippen molar-refractivity contribution in [3.63, 3.8) is 0 Å². The highest BCUT2D eigenvalue weighted by Crippen LogP contribution is 2.29. The fourth-order valence-corrected chi connectivity index (χ4v) is 4.64. The van der Waals surface area contributed by atoms with Gasteiger partial charge < -0.3 is 4.57 Å². The van der Waals surface area contributed by atoms with Crippen LogP contribution in [-0.4, -0.2) is 22.4 Å². The lowest BCUT2D eigenvalue weighted by Gasteiger charge is -2.10. The maximum atomic E-state index is 12.1. The number of halogens is 2. The van der Waals surface area contributed by atoms with Crippen LogP contribution in [0.3, 0.4) is 0 Å². The fourth-order valence-electron chi connectivity index (χ4n) is 3.17. The zero-order valence-electron chi connectivity index (χ0n) is 17.1. The Balaban J connectivity index is 1.61. The molecule has 1 aromatic heterocycles. The van der Waals surface area contributed by atoms with E-state index < -0.39 is 0 Å². The molecule has 30 heavy (non-hydrogen) atoms. The lowest BCUT2D eigenvalue weighted by Crippen LogP contribution is -2.19. The zero-order valence-corrected chi connectivity index (χ0v) is 20.2. The van der Waals surface area contributed by atoms with Crippen LogP contribution in [0, 0.1) is 20.8 Å². The lowest BCUT2D eigenvalue weighted by molar-refractivity contribution is -0.118. The molecule has 0 saturated carbocycles. The van der Waals surface area contributed by atoms with Crippen molar-refractivity contribution in [2.75, 3.05) is 5.75 Å². The number of aryl methyl sites for hydroxylation is 1. The van der Waals surface area contributed by atoms with Gasteiger partial charge in [-0.25, -0.2) is 5.43 Å². The summed E-state index contributed by atoms with van der Waals surface area (Å²) in [7, 11) is 0. The second-order valence-electron chi connectivity index (χ2n) is 6.99. The average Bonchev–Trinajstić information content (AvgIpc) is 2.92. The van der Waals surface area contributed by atoms with Crippen molar-refractivity contribution in [1.29, 1.82) is 0 Å². The van der Waals surface area contributed by atoms with E-state index in [0.29, 0.717) is 10.8 Å². The number of nitrogens with one attached hydrogen (secondary N) is 1. The number of carbonyl (C=O) groups excluding carboxylic acids is 1. The van der Waals surface area contributed by atoms with E-state index in [1.807, 2.05) is 37.3 Å². The summed E-state index contributed by atoms with van der Waals surface area (Å²) in [5.41, 5.74) is 9.15. The van der Waals surface area contributed by atoms with Gasteiger partial charge in [0.2, 0.25) is 5.91 Å². The molecule has 7 heteroatoms. The number of benzene rings is 2. The lowest BCUT2D eigenvalue weighted by atomic mass is 10.2. The number of rotatable bonds is 7. The van der Waals surface area contributed by atoms with Gasteiger partial charge in [-0.1, -0.05) is 35.9 Å². The molecule has 1 amide bonds.